The van der Waals surface area contributed by atoms with E-state index in [1.54, 1.807) is 18.5 Å². The number of pyridine rings is 1. The average Bonchev–Trinajstić information content (AvgIpc) is 2.98. The highest BCUT2D eigenvalue weighted by Crippen LogP contribution is 2.46. The summed E-state index contributed by atoms with van der Waals surface area (Å²) in [6.45, 7) is 2.07. The van der Waals surface area contributed by atoms with E-state index in [4.69, 9.17) is 7.85 Å². The maximum atomic E-state index is 10.7. The number of allylic oxidation sites excluding steroid dienone is 1. The molecule has 0 aliphatic heterocycles. The zero-order valence-electron chi connectivity index (χ0n) is 21.1. The van der Waals surface area contributed by atoms with Gasteiger partial charge in [-0.25, -0.2) is 9.97 Å². The third-order valence-corrected chi connectivity index (χ3v) is 6.29. The van der Waals surface area contributed by atoms with Crippen molar-refractivity contribution in [2.75, 3.05) is 0 Å². The van der Waals surface area contributed by atoms with Gasteiger partial charge in [0.25, 0.3) is 0 Å². The molecule has 2 radical (unpaired) electrons. The van der Waals surface area contributed by atoms with Crippen LogP contribution in [0.2, 0.25) is 0 Å². The van der Waals surface area contributed by atoms with E-state index in [1.807, 2.05) is 66.7 Å². The van der Waals surface area contributed by atoms with E-state index < -0.39 is 28.5 Å². The van der Waals surface area contributed by atoms with E-state index in [1.165, 1.54) is 0 Å². The standard InChI is InChI=1S/C31H24BN3O4/c1-2-3-6-18-10-12-19(13-11-18)23-16-24(21-8-4-7-20(15-21)22-9-5-14-33-17-22)35-31(34-23)25-27(36)29(38)26(32)30(39)28(25)37/h3-17,36-39H,2H2,1H3/b6-3+. The molecule has 2 aromatic heterocycles. The lowest BCUT2D eigenvalue weighted by molar-refractivity contribution is 0.380. The Bertz CT molecular complexity index is 1660. The van der Waals surface area contributed by atoms with Crippen LogP contribution in [0.5, 0.6) is 23.0 Å². The van der Waals surface area contributed by atoms with Gasteiger partial charge in [-0.2, -0.15) is 0 Å². The fourth-order valence-electron chi connectivity index (χ4n) is 4.19. The molecule has 0 spiro atoms. The van der Waals surface area contributed by atoms with E-state index in [-0.39, 0.29) is 11.4 Å². The third kappa shape index (κ3) is 5.04. The quantitative estimate of drug-likeness (QED) is 0.133. The average molecular weight is 513 g/mol. The molecule has 5 aromatic rings. The summed E-state index contributed by atoms with van der Waals surface area (Å²) >= 11 is 0. The fraction of sp³-hybridized carbons (Fsp3) is 0.0645. The zero-order chi connectivity index (χ0) is 27.5. The molecule has 0 bridgehead atoms. The van der Waals surface area contributed by atoms with Gasteiger partial charge in [0.15, 0.2) is 28.8 Å². The Hall–Kier alpha value is -5.11. The number of aromatic hydroxyl groups is 4. The molecular weight excluding hydrogens is 489 g/mol. The Morgan fingerprint density at radius 3 is 2.00 bits per heavy atom. The Morgan fingerprint density at radius 1 is 0.718 bits per heavy atom. The normalized spacial score (nSPS) is 11.2. The SMILES string of the molecule is [B]c1c(O)c(O)c(-c2nc(-c3ccc(/C=C/CC)cc3)cc(-c3cccc(-c4cccnc4)c3)n2)c(O)c1O. The first-order valence-electron chi connectivity index (χ1n) is 12.3. The molecule has 190 valence electrons. The maximum Gasteiger partial charge on any atom is 0.172 e. The lowest BCUT2D eigenvalue weighted by atomic mass is 9.90. The summed E-state index contributed by atoms with van der Waals surface area (Å²) in [5, 5.41) is 41.9. The first kappa shape index (κ1) is 25.5. The molecule has 39 heavy (non-hydrogen) atoms. The number of aromatic nitrogens is 3. The van der Waals surface area contributed by atoms with Gasteiger partial charge in [-0.3, -0.25) is 4.98 Å². The van der Waals surface area contributed by atoms with Crippen molar-refractivity contribution in [2.24, 2.45) is 0 Å². The van der Waals surface area contributed by atoms with Crippen LogP contribution in [0.25, 0.3) is 51.1 Å². The Morgan fingerprint density at radius 2 is 1.36 bits per heavy atom. The van der Waals surface area contributed by atoms with Gasteiger partial charge < -0.3 is 20.4 Å². The first-order valence-corrected chi connectivity index (χ1v) is 12.3. The minimum atomic E-state index is -0.776. The summed E-state index contributed by atoms with van der Waals surface area (Å²) in [6.07, 6.45) is 8.49. The second-order valence-corrected chi connectivity index (χ2v) is 8.90. The van der Waals surface area contributed by atoms with Crippen molar-refractivity contribution in [3.8, 4) is 68.0 Å². The van der Waals surface area contributed by atoms with Gasteiger partial charge in [-0.15, -0.1) is 0 Å². The van der Waals surface area contributed by atoms with Crippen molar-refractivity contribution >= 4 is 19.4 Å². The van der Waals surface area contributed by atoms with E-state index in [9.17, 15) is 20.4 Å². The van der Waals surface area contributed by atoms with Crippen molar-refractivity contribution in [3.05, 3.63) is 90.8 Å². The van der Waals surface area contributed by atoms with Gasteiger partial charge in [0.05, 0.1) is 11.4 Å². The van der Waals surface area contributed by atoms with Crippen molar-refractivity contribution in [2.45, 2.75) is 13.3 Å². The van der Waals surface area contributed by atoms with Crippen LogP contribution < -0.4 is 5.46 Å². The van der Waals surface area contributed by atoms with E-state index in [0.717, 1.165) is 34.2 Å². The number of hydrogen-bond donors (Lipinski definition) is 4. The van der Waals surface area contributed by atoms with Crippen molar-refractivity contribution in [1.82, 2.24) is 15.0 Å². The van der Waals surface area contributed by atoms with Gasteiger partial charge in [-0.05, 0) is 41.2 Å². The molecule has 7 nitrogen and oxygen atoms in total. The van der Waals surface area contributed by atoms with Crippen LogP contribution in [-0.2, 0) is 0 Å². The van der Waals surface area contributed by atoms with Gasteiger partial charge in [0, 0.05) is 29.1 Å². The Labute approximate surface area is 226 Å². The van der Waals surface area contributed by atoms with Gasteiger partial charge in [0.1, 0.15) is 13.4 Å². The van der Waals surface area contributed by atoms with Gasteiger partial charge in [0.2, 0.25) is 0 Å². The Balaban J connectivity index is 1.71. The van der Waals surface area contributed by atoms with Crippen LogP contribution in [0.3, 0.4) is 0 Å². The van der Waals surface area contributed by atoms with Gasteiger partial charge >= 0.3 is 0 Å². The smallest absolute Gasteiger partial charge is 0.172 e. The summed E-state index contributed by atoms with van der Waals surface area (Å²) in [6, 6.07) is 21.0. The number of phenols is 4. The van der Waals surface area contributed by atoms with Crippen LogP contribution in [0.15, 0.2) is 85.2 Å². The fourth-order valence-corrected chi connectivity index (χ4v) is 4.19. The predicted octanol–water partition coefficient (Wildman–Crippen LogP) is 5.58. The molecule has 0 aliphatic carbocycles. The largest absolute Gasteiger partial charge is 0.505 e. The molecule has 0 unspecified atom stereocenters. The van der Waals surface area contributed by atoms with Crippen LogP contribution in [0.4, 0.5) is 0 Å². The molecule has 0 atom stereocenters. The van der Waals surface area contributed by atoms with Gasteiger partial charge in [-0.1, -0.05) is 67.6 Å². The molecule has 0 saturated heterocycles. The summed E-state index contributed by atoms with van der Waals surface area (Å²) < 4.78 is 0. The molecular formula is C31H24BN3O4. The maximum absolute atomic E-state index is 10.7. The molecule has 8 heteroatoms. The molecule has 3 aromatic carbocycles. The van der Waals surface area contributed by atoms with E-state index in [2.05, 4.69) is 28.0 Å². The summed E-state index contributed by atoms with van der Waals surface area (Å²) in [7, 11) is 5.62. The molecule has 2 heterocycles. The number of hydrogen-bond acceptors (Lipinski definition) is 7. The molecule has 4 N–H and O–H groups in total. The second-order valence-electron chi connectivity index (χ2n) is 8.90. The van der Waals surface area contributed by atoms with Crippen LogP contribution in [-0.4, -0.2) is 43.2 Å². The number of phenolic OH excluding ortho intramolecular Hbond substituents is 4. The zero-order valence-corrected chi connectivity index (χ0v) is 21.1. The first-order chi connectivity index (χ1) is 18.9. The summed E-state index contributed by atoms with van der Waals surface area (Å²) in [4.78, 5) is 13.4. The lowest BCUT2D eigenvalue weighted by Gasteiger charge is -2.15. The second kappa shape index (κ2) is 10.7. The molecule has 0 saturated carbocycles. The summed E-state index contributed by atoms with van der Waals surface area (Å²) in [5.41, 5.74) is 4.48. The van der Waals surface area contributed by atoms with Crippen LogP contribution in [0.1, 0.15) is 18.9 Å². The van der Waals surface area contributed by atoms with Crippen molar-refractivity contribution < 1.29 is 20.4 Å². The highest BCUT2D eigenvalue weighted by atomic mass is 16.3. The predicted molar refractivity (Wildman–Crippen MR) is 153 cm³/mol. The minimum Gasteiger partial charge on any atom is -0.505 e. The minimum absolute atomic E-state index is 0.107. The molecule has 0 aliphatic rings. The van der Waals surface area contributed by atoms with Crippen molar-refractivity contribution in [3.63, 3.8) is 0 Å². The topological polar surface area (TPSA) is 120 Å². The van der Waals surface area contributed by atoms with Crippen LogP contribution >= 0.6 is 0 Å². The summed E-state index contributed by atoms with van der Waals surface area (Å²) in [5.74, 6) is -3.14. The highest BCUT2D eigenvalue weighted by Gasteiger charge is 2.25. The number of rotatable bonds is 6. The number of benzene rings is 3. The lowest BCUT2D eigenvalue weighted by Crippen LogP contribution is -2.06. The van der Waals surface area contributed by atoms with E-state index >= 15 is 0 Å². The molecule has 0 amide bonds. The Kier molecular flexibility index (Phi) is 7.01. The molecule has 0 fully saturated rings. The van der Waals surface area contributed by atoms with Crippen LogP contribution in [0, 0.1) is 0 Å². The highest BCUT2D eigenvalue weighted by molar-refractivity contribution is 6.37. The molecule has 5 rings (SSSR count). The van der Waals surface area contributed by atoms with Crippen molar-refractivity contribution in [1.29, 1.82) is 0 Å². The third-order valence-electron chi connectivity index (χ3n) is 6.29. The monoisotopic (exact) mass is 513 g/mol. The number of nitrogens with zero attached hydrogens (tertiary/aromatic N) is 3. The van der Waals surface area contributed by atoms with E-state index in [0.29, 0.717) is 11.4 Å².